The maximum Gasteiger partial charge on any atom is 0.193 e. The highest BCUT2D eigenvalue weighted by Crippen LogP contribution is 2.31. The highest BCUT2D eigenvalue weighted by atomic mass is 16.5. The van der Waals surface area contributed by atoms with Gasteiger partial charge in [-0.2, -0.15) is 0 Å². The van der Waals surface area contributed by atoms with Gasteiger partial charge < -0.3 is 9.47 Å². The Labute approximate surface area is 176 Å². The fourth-order valence-electron chi connectivity index (χ4n) is 3.06. The molecular formula is C27H21O3. The molecule has 30 heavy (non-hydrogen) atoms. The number of ketones is 1. The van der Waals surface area contributed by atoms with Crippen LogP contribution in [0, 0.1) is 6.07 Å². The molecule has 0 saturated heterocycles. The lowest BCUT2D eigenvalue weighted by Crippen LogP contribution is -2.05. The molecule has 0 fully saturated rings. The predicted molar refractivity (Wildman–Crippen MR) is 117 cm³/mol. The van der Waals surface area contributed by atoms with E-state index in [-0.39, 0.29) is 5.78 Å². The number of benzene rings is 4. The van der Waals surface area contributed by atoms with Crippen LogP contribution in [0.2, 0.25) is 0 Å². The molecule has 0 amide bonds. The molecule has 0 aromatic heterocycles. The van der Waals surface area contributed by atoms with Crippen LogP contribution in [0.1, 0.15) is 27.0 Å². The maximum atomic E-state index is 12.9. The van der Waals surface area contributed by atoms with Crippen molar-refractivity contribution < 1.29 is 14.3 Å². The van der Waals surface area contributed by atoms with E-state index >= 15 is 0 Å². The van der Waals surface area contributed by atoms with Crippen LogP contribution in [0.3, 0.4) is 0 Å². The van der Waals surface area contributed by atoms with Crippen molar-refractivity contribution in [2.75, 3.05) is 0 Å². The van der Waals surface area contributed by atoms with Crippen molar-refractivity contribution >= 4 is 5.78 Å². The van der Waals surface area contributed by atoms with Crippen molar-refractivity contribution in [3.8, 4) is 11.5 Å². The summed E-state index contributed by atoms with van der Waals surface area (Å²) in [7, 11) is 0. The Balaban J connectivity index is 1.58. The first-order valence-electron chi connectivity index (χ1n) is 9.78. The second kappa shape index (κ2) is 9.57. The molecule has 3 heteroatoms. The topological polar surface area (TPSA) is 35.5 Å². The van der Waals surface area contributed by atoms with Gasteiger partial charge in [-0.1, -0.05) is 84.9 Å². The van der Waals surface area contributed by atoms with E-state index in [1.807, 2.05) is 60.7 Å². The second-order valence-corrected chi connectivity index (χ2v) is 6.83. The summed E-state index contributed by atoms with van der Waals surface area (Å²) in [6.45, 7) is 0.810. The Bertz CT molecular complexity index is 1090. The molecule has 0 spiro atoms. The Morgan fingerprint density at radius 3 is 1.80 bits per heavy atom. The highest BCUT2D eigenvalue weighted by molar-refractivity contribution is 6.09. The van der Waals surface area contributed by atoms with Gasteiger partial charge in [0.05, 0.1) is 0 Å². The fourth-order valence-corrected chi connectivity index (χ4v) is 3.06. The summed E-state index contributed by atoms with van der Waals surface area (Å²) in [5.74, 6) is 1.08. The quantitative estimate of drug-likeness (QED) is 0.351. The van der Waals surface area contributed by atoms with Gasteiger partial charge in [0.2, 0.25) is 0 Å². The van der Waals surface area contributed by atoms with Crippen molar-refractivity contribution in [2.24, 2.45) is 0 Å². The molecule has 1 radical (unpaired) electrons. The van der Waals surface area contributed by atoms with Gasteiger partial charge in [-0.3, -0.25) is 4.79 Å². The first kappa shape index (κ1) is 19.5. The number of hydrogen-bond acceptors (Lipinski definition) is 3. The molecule has 0 aliphatic heterocycles. The van der Waals surface area contributed by atoms with Gasteiger partial charge in [0.25, 0.3) is 0 Å². The average molecular weight is 393 g/mol. The zero-order valence-electron chi connectivity index (χ0n) is 16.5. The minimum absolute atomic E-state index is 0.0665. The van der Waals surface area contributed by atoms with Crippen LogP contribution in [-0.2, 0) is 13.2 Å². The van der Waals surface area contributed by atoms with Gasteiger partial charge in [-0.25, -0.2) is 0 Å². The van der Waals surface area contributed by atoms with E-state index in [9.17, 15) is 4.79 Å². The van der Waals surface area contributed by atoms with Crippen molar-refractivity contribution in [3.63, 3.8) is 0 Å². The molecular weight excluding hydrogens is 372 g/mol. The Hall–Kier alpha value is -3.85. The van der Waals surface area contributed by atoms with E-state index in [1.165, 1.54) is 0 Å². The summed E-state index contributed by atoms with van der Waals surface area (Å²) in [5, 5.41) is 0. The summed E-state index contributed by atoms with van der Waals surface area (Å²) in [6, 6.07) is 35.1. The third-order valence-electron chi connectivity index (χ3n) is 4.66. The first-order chi connectivity index (χ1) is 14.8. The van der Waals surface area contributed by atoms with E-state index < -0.39 is 0 Å². The molecule has 4 aromatic rings. The highest BCUT2D eigenvalue weighted by Gasteiger charge is 2.14. The van der Waals surface area contributed by atoms with Crippen LogP contribution in [-0.4, -0.2) is 5.78 Å². The zero-order chi connectivity index (χ0) is 20.6. The van der Waals surface area contributed by atoms with E-state index in [4.69, 9.17) is 9.47 Å². The lowest BCUT2D eigenvalue weighted by atomic mass is 10.0. The third-order valence-corrected chi connectivity index (χ3v) is 4.66. The largest absolute Gasteiger partial charge is 0.485 e. The number of carbonyl (C=O) groups excluding carboxylic acids is 1. The monoisotopic (exact) mass is 393 g/mol. The van der Waals surface area contributed by atoms with Crippen molar-refractivity contribution in [3.05, 3.63) is 131 Å². The first-order valence-corrected chi connectivity index (χ1v) is 9.78. The Morgan fingerprint density at radius 2 is 1.20 bits per heavy atom. The molecule has 0 heterocycles. The summed E-state index contributed by atoms with van der Waals surface area (Å²) in [4.78, 5) is 12.9. The average Bonchev–Trinajstić information content (AvgIpc) is 2.83. The van der Waals surface area contributed by atoms with Gasteiger partial charge in [-0.15, -0.1) is 0 Å². The lowest BCUT2D eigenvalue weighted by molar-refractivity contribution is 0.103. The minimum atomic E-state index is -0.0665. The summed E-state index contributed by atoms with van der Waals surface area (Å²) in [6.07, 6.45) is 0. The van der Waals surface area contributed by atoms with Gasteiger partial charge in [0.15, 0.2) is 17.3 Å². The molecule has 0 unspecified atom stereocenters. The molecule has 4 aromatic carbocycles. The number of hydrogen-bond donors (Lipinski definition) is 0. The molecule has 0 N–H and O–H groups in total. The third kappa shape index (κ3) is 4.95. The SMILES string of the molecule is O=C(c1cc[c]cc1)c1ccc(OCc2ccccc2)c(OCc2ccccc2)c1. The van der Waals surface area contributed by atoms with Gasteiger partial charge in [-0.05, 0) is 35.4 Å². The molecule has 0 aliphatic carbocycles. The molecule has 0 atom stereocenters. The zero-order valence-corrected chi connectivity index (χ0v) is 16.5. The predicted octanol–water partition coefficient (Wildman–Crippen LogP) is 5.88. The summed E-state index contributed by atoms with van der Waals surface area (Å²) < 4.78 is 12.1. The van der Waals surface area contributed by atoms with Crippen LogP contribution in [0.15, 0.2) is 103 Å². The van der Waals surface area contributed by atoms with E-state index in [0.29, 0.717) is 35.8 Å². The van der Waals surface area contributed by atoms with Gasteiger partial charge >= 0.3 is 0 Å². The fraction of sp³-hybridized carbons (Fsp3) is 0.0741. The van der Waals surface area contributed by atoms with Crippen molar-refractivity contribution in [1.82, 2.24) is 0 Å². The molecule has 0 aliphatic rings. The van der Waals surface area contributed by atoms with Crippen LogP contribution < -0.4 is 9.47 Å². The molecule has 147 valence electrons. The standard InChI is InChI=1S/C27H21O3/c28-27(23-14-8-3-9-15-23)24-16-17-25(29-19-21-10-4-1-5-11-21)26(18-24)30-20-22-12-6-2-7-13-22/h1-2,4-18H,19-20H2. The van der Waals surface area contributed by atoms with E-state index in [0.717, 1.165) is 11.1 Å². The van der Waals surface area contributed by atoms with E-state index in [2.05, 4.69) is 6.07 Å². The summed E-state index contributed by atoms with van der Waals surface area (Å²) >= 11 is 0. The lowest BCUT2D eigenvalue weighted by Gasteiger charge is -2.14. The minimum Gasteiger partial charge on any atom is -0.485 e. The second-order valence-electron chi connectivity index (χ2n) is 6.83. The van der Waals surface area contributed by atoms with E-state index in [1.54, 1.807) is 42.5 Å². The van der Waals surface area contributed by atoms with Gasteiger partial charge in [0, 0.05) is 11.1 Å². The van der Waals surface area contributed by atoms with Crippen LogP contribution >= 0.6 is 0 Å². The molecule has 3 nitrogen and oxygen atoms in total. The van der Waals surface area contributed by atoms with Gasteiger partial charge in [0.1, 0.15) is 13.2 Å². The number of ether oxygens (including phenoxy) is 2. The van der Waals surface area contributed by atoms with Crippen molar-refractivity contribution in [1.29, 1.82) is 0 Å². The Morgan fingerprint density at radius 1 is 0.633 bits per heavy atom. The summed E-state index contributed by atoms with van der Waals surface area (Å²) in [5.41, 5.74) is 3.27. The maximum absolute atomic E-state index is 12.9. The molecule has 0 saturated carbocycles. The molecule has 4 rings (SSSR count). The van der Waals surface area contributed by atoms with Crippen LogP contribution in [0.5, 0.6) is 11.5 Å². The molecule has 0 bridgehead atoms. The van der Waals surface area contributed by atoms with Crippen LogP contribution in [0.4, 0.5) is 0 Å². The number of carbonyl (C=O) groups is 1. The normalized spacial score (nSPS) is 10.4. The smallest absolute Gasteiger partial charge is 0.193 e. The van der Waals surface area contributed by atoms with Crippen molar-refractivity contribution in [2.45, 2.75) is 13.2 Å². The van der Waals surface area contributed by atoms with Crippen LogP contribution in [0.25, 0.3) is 0 Å². The Kier molecular flexibility index (Phi) is 6.21. The number of rotatable bonds is 8.